The maximum absolute atomic E-state index is 10.8. The molecule has 0 unspecified atom stereocenters. The molecule has 7 heteroatoms. The number of hydrogen-bond acceptors (Lipinski definition) is 5. The summed E-state index contributed by atoms with van der Waals surface area (Å²) in [4.78, 5) is 17.8. The monoisotopic (exact) mass is 284 g/mol. The van der Waals surface area contributed by atoms with Crippen LogP contribution in [0.15, 0.2) is 6.20 Å². The molecule has 0 saturated heterocycles. The van der Waals surface area contributed by atoms with Gasteiger partial charge in [-0.2, -0.15) is 4.98 Å². The molecular formula is C12H17ClN4O2. The second-order valence-electron chi connectivity index (χ2n) is 4.85. The Balaban J connectivity index is 1.91. The van der Waals surface area contributed by atoms with Crippen LogP contribution in [0.3, 0.4) is 0 Å². The first-order chi connectivity index (χ1) is 9.16. The van der Waals surface area contributed by atoms with Crippen LogP contribution in [0.4, 0.5) is 11.5 Å². The maximum atomic E-state index is 10.8. The molecule has 1 aromatic heterocycles. The van der Waals surface area contributed by atoms with E-state index < -0.39 is 4.92 Å². The number of aromatic nitrogens is 2. The van der Waals surface area contributed by atoms with Crippen LogP contribution in [0.25, 0.3) is 0 Å². The lowest BCUT2D eigenvalue weighted by Gasteiger charge is -2.21. The summed E-state index contributed by atoms with van der Waals surface area (Å²) in [5.41, 5.74) is -0.131. The van der Waals surface area contributed by atoms with Crippen molar-refractivity contribution < 1.29 is 4.92 Å². The number of nitrogens with zero attached hydrogens (tertiary/aromatic N) is 3. The average Bonchev–Trinajstić information content (AvgIpc) is 2.39. The summed E-state index contributed by atoms with van der Waals surface area (Å²) >= 11 is 5.66. The highest BCUT2D eigenvalue weighted by molar-refractivity contribution is 6.28. The smallest absolute Gasteiger partial charge is 0.329 e. The quantitative estimate of drug-likeness (QED) is 0.509. The molecule has 6 nitrogen and oxygen atoms in total. The highest BCUT2D eigenvalue weighted by atomic mass is 35.5. The molecule has 1 heterocycles. The van der Waals surface area contributed by atoms with Crippen molar-refractivity contribution in [1.82, 2.24) is 9.97 Å². The second kappa shape index (κ2) is 6.65. The first-order valence-corrected chi connectivity index (χ1v) is 6.95. The van der Waals surface area contributed by atoms with Gasteiger partial charge in [-0.3, -0.25) is 10.1 Å². The van der Waals surface area contributed by atoms with Crippen molar-refractivity contribution in [2.45, 2.75) is 38.5 Å². The number of hydrogen-bond donors (Lipinski definition) is 1. The van der Waals surface area contributed by atoms with E-state index in [2.05, 4.69) is 15.3 Å². The normalized spacial score (nSPS) is 16.3. The van der Waals surface area contributed by atoms with Gasteiger partial charge in [0, 0.05) is 6.54 Å². The van der Waals surface area contributed by atoms with E-state index >= 15 is 0 Å². The molecule has 0 bridgehead atoms. The van der Waals surface area contributed by atoms with Crippen LogP contribution in [0.5, 0.6) is 0 Å². The third kappa shape index (κ3) is 4.02. The molecular weight excluding hydrogens is 268 g/mol. The zero-order chi connectivity index (χ0) is 13.7. The minimum atomic E-state index is -0.501. The molecule has 104 valence electrons. The molecule has 0 aliphatic heterocycles. The largest absolute Gasteiger partial charge is 0.364 e. The Morgan fingerprint density at radius 1 is 1.42 bits per heavy atom. The fourth-order valence-electron chi connectivity index (χ4n) is 2.49. The number of nitro groups is 1. The predicted molar refractivity (Wildman–Crippen MR) is 73.4 cm³/mol. The predicted octanol–water partition coefficient (Wildman–Crippen LogP) is 3.42. The van der Waals surface area contributed by atoms with E-state index in [9.17, 15) is 10.1 Å². The van der Waals surface area contributed by atoms with Gasteiger partial charge in [-0.25, -0.2) is 4.98 Å². The van der Waals surface area contributed by atoms with Crippen LogP contribution in [0, 0.1) is 16.0 Å². The summed E-state index contributed by atoms with van der Waals surface area (Å²) in [6.45, 7) is 0.679. The summed E-state index contributed by atoms with van der Waals surface area (Å²) in [7, 11) is 0. The summed E-state index contributed by atoms with van der Waals surface area (Å²) in [5, 5.41) is 13.9. The zero-order valence-corrected chi connectivity index (χ0v) is 11.4. The standard InChI is InChI=1S/C12H17ClN4O2/c13-12-15-8-10(17(18)19)11(16-12)14-7-6-9-4-2-1-3-5-9/h8-9H,1-7H2,(H,14,15,16). The summed E-state index contributed by atoms with van der Waals surface area (Å²) < 4.78 is 0. The molecule has 0 amide bonds. The number of halogens is 1. The Bertz CT molecular complexity index is 449. The Hall–Kier alpha value is -1.43. The molecule has 1 saturated carbocycles. The first kappa shape index (κ1) is 14.0. The fourth-order valence-corrected chi connectivity index (χ4v) is 2.62. The minimum absolute atomic E-state index is 0.0192. The maximum Gasteiger partial charge on any atom is 0.329 e. The van der Waals surface area contributed by atoms with Crippen LogP contribution in [0.1, 0.15) is 38.5 Å². The van der Waals surface area contributed by atoms with Crippen LogP contribution in [0.2, 0.25) is 5.28 Å². The molecule has 0 atom stereocenters. The minimum Gasteiger partial charge on any atom is -0.364 e. The molecule has 0 spiro atoms. The van der Waals surface area contributed by atoms with E-state index in [-0.39, 0.29) is 16.8 Å². The second-order valence-corrected chi connectivity index (χ2v) is 5.19. The molecule has 19 heavy (non-hydrogen) atoms. The van der Waals surface area contributed by atoms with Crippen molar-refractivity contribution in [3.63, 3.8) is 0 Å². The summed E-state index contributed by atoms with van der Waals surface area (Å²) in [6, 6.07) is 0. The van der Waals surface area contributed by atoms with E-state index in [0.29, 0.717) is 6.54 Å². The van der Waals surface area contributed by atoms with Crippen LogP contribution in [-0.4, -0.2) is 21.4 Å². The van der Waals surface area contributed by atoms with E-state index in [1.807, 2.05) is 0 Å². The highest BCUT2D eigenvalue weighted by Crippen LogP contribution is 2.27. The van der Waals surface area contributed by atoms with Crippen molar-refractivity contribution >= 4 is 23.1 Å². The van der Waals surface area contributed by atoms with Crippen molar-refractivity contribution in [3.8, 4) is 0 Å². The molecule has 1 fully saturated rings. The summed E-state index contributed by atoms with van der Waals surface area (Å²) in [6.07, 6.45) is 8.59. The molecule has 0 radical (unpaired) electrons. The van der Waals surface area contributed by atoms with Gasteiger partial charge >= 0.3 is 5.69 Å². The summed E-state index contributed by atoms with van der Waals surface area (Å²) in [5.74, 6) is 0.929. The highest BCUT2D eigenvalue weighted by Gasteiger charge is 2.18. The zero-order valence-electron chi connectivity index (χ0n) is 10.6. The van der Waals surface area contributed by atoms with Gasteiger partial charge in [-0.1, -0.05) is 32.1 Å². The number of nitrogens with one attached hydrogen (secondary N) is 1. The first-order valence-electron chi connectivity index (χ1n) is 6.57. The van der Waals surface area contributed by atoms with Crippen LogP contribution >= 0.6 is 11.6 Å². The van der Waals surface area contributed by atoms with Gasteiger partial charge in [0.2, 0.25) is 11.1 Å². The van der Waals surface area contributed by atoms with Gasteiger partial charge in [0.15, 0.2) is 0 Å². The van der Waals surface area contributed by atoms with Crippen molar-refractivity contribution in [1.29, 1.82) is 0 Å². The lowest BCUT2D eigenvalue weighted by atomic mass is 9.87. The third-order valence-electron chi connectivity index (χ3n) is 3.51. The molecule has 2 rings (SSSR count). The average molecular weight is 285 g/mol. The Labute approximate surface area is 116 Å². The SMILES string of the molecule is O=[N+]([O-])c1cnc(Cl)nc1NCCC1CCCCC1. The van der Waals surface area contributed by atoms with E-state index in [1.54, 1.807) is 0 Å². The third-order valence-corrected chi connectivity index (χ3v) is 3.69. The van der Waals surface area contributed by atoms with Crippen molar-refractivity contribution in [2.75, 3.05) is 11.9 Å². The van der Waals surface area contributed by atoms with E-state index in [4.69, 9.17) is 11.6 Å². The van der Waals surface area contributed by atoms with E-state index in [0.717, 1.165) is 18.5 Å². The van der Waals surface area contributed by atoms with Gasteiger partial charge in [0.25, 0.3) is 0 Å². The van der Waals surface area contributed by atoms with Crippen LogP contribution in [-0.2, 0) is 0 Å². The Morgan fingerprint density at radius 3 is 2.84 bits per heavy atom. The number of anilines is 1. The lowest BCUT2D eigenvalue weighted by Crippen LogP contribution is -2.13. The van der Waals surface area contributed by atoms with Crippen molar-refractivity contribution in [2.24, 2.45) is 5.92 Å². The molecule has 1 aromatic rings. The van der Waals surface area contributed by atoms with Gasteiger partial charge in [0.1, 0.15) is 6.20 Å². The lowest BCUT2D eigenvalue weighted by molar-refractivity contribution is -0.384. The van der Waals surface area contributed by atoms with Gasteiger partial charge in [-0.15, -0.1) is 0 Å². The molecule has 1 aliphatic rings. The van der Waals surface area contributed by atoms with Crippen molar-refractivity contribution in [3.05, 3.63) is 21.6 Å². The number of rotatable bonds is 5. The Morgan fingerprint density at radius 2 is 2.16 bits per heavy atom. The van der Waals surface area contributed by atoms with Gasteiger partial charge in [0.05, 0.1) is 4.92 Å². The topological polar surface area (TPSA) is 81.0 Å². The van der Waals surface area contributed by atoms with E-state index in [1.165, 1.54) is 32.1 Å². The van der Waals surface area contributed by atoms with Crippen LogP contribution < -0.4 is 5.32 Å². The fraction of sp³-hybridized carbons (Fsp3) is 0.667. The molecule has 1 N–H and O–H groups in total. The molecule has 1 aliphatic carbocycles. The van der Waals surface area contributed by atoms with Gasteiger partial charge < -0.3 is 5.32 Å². The molecule has 0 aromatic carbocycles. The Kier molecular flexibility index (Phi) is 4.90. The van der Waals surface area contributed by atoms with Gasteiger partial charge in [-0.05, 0) is 23.9 Å².